The number of aliphatic carboxylic acids is 1. The minimum absolute atomic E-state index is 0.138. The molecule has 0 aromatic carbocycles. The van der Waals surface area contributed by atoms with Crippen LogP contribution in [0.1, 0.15) is 46.5 Å². The Bertz CT molecular complexity index is 396. The summed E-state index contributed by atoms with van der Waals surface area (Å²) in [5.74, 6) is -0.988. The molecule has 3 aliphatic carbocycles. The van der Waals surface area contributed by atoms with Crippen LogP contribution < -0.4 is 5.32 Å². The Labute approximate surface area is 126 Å². The van der Waals surface area contributed by atoms with Gasteiger partial charge >= 0.3 is 12.1 Å². The molecule has 108 valence electrons. The molecule has 1 amide bonds. The highest BCUT2D eigenvalue weighted by atomic mass is 127. The van der Waals surface area contributed by atoms with Crippen LogP contribution in [0, 0.1) is 5.41 Å². The Morgan fingerprint density at radius 2 is 1.89 bits per heavy atom. The summed E-state index contributed by atoms with van der Waals surface area (Å²) in [5, 5.41) is 11.7. The van der Waals surface area contributed by atoms with Gasteiger partial charge in [0.05, 0.1) is 0 Å². The zero-order chi connectivity index (χ0) is 14.5. The van der Waals surface area contributed by atoms with Crippen LogP contribution in [0.25, 0.3) is 0 Å². The van der Waals surface area contributed by atoms with E-state index in [4.69, 9.17) is 4.74 Å². The van der Waals surface area contributed by atoms with Gasteiger partial charge in [0, 0.05) is 3.42 Å². The van der Waals surface area contributed by atoms with Crippen LogP contribution in [0.15, 0.2) is 0 Å². The van der Waals surface area contributed by atoms with E-state index in [1.165, 1.54) is 0 Å². The highest BCUT2D eigenvalue weighted by Crippen LogP contribution is 2.73. The Balaban J connectivity index is 1.87. The summed E-state index contributed by atoms with van der Waals surface area (Å²) < 4.78 is 5.51. The van der Waals surface area contributed by atoms with E-state index in [2.05, 4.69) is 27.9 Å². The zero-order valence-corrected chi connectivity index (χ0v) is 13.6. The number of ether oxygens (including phenoxy) is 1. The lowest BCUT2D eigenvalue weighted by Crippen LogP contribution is -2.65. The molecule has 0 heterocycles. The van der Waals surface area contributed by atoms with Gasteiger partial charge in [-0.25, -0.2) is 9.59 Å². The molecule has 1 atom stereocenters. The van der Waals surface area contributed by atoms with Crippen molar-refractivity contribution in [2.45, 2.75) is 61.5 Å². The first-order chi connectivity index (χ1) is 8.53. The Kier molecular flexibility index (Phi) is 3.52. The van der Waals surface area contributed by atoms with Crippen molar-refractivity contribution in [3.05, 3.63) is 0 Å². The zero-order valence-electron chi connectivity index (χ0n) is 11.5. The third kappa shape index (κ3) is 3.32. The van der Waals surface area contributed by atoms with Crippen molar-refractivity contribution < 1.29 is 19.4 Å². The van der Waals surface area contributed by atoms with Gasteiger partial charge in [0.15, 0.2) is 0 Å². The standard InChI is InChI=1S/C13H20INO4/c1-11(2,3)19-10(18)15-8(9(16)17)4-12-5-13(14,6-12)7-12/h8H,4-7H2,1-3H3,(H,15,18)(H,16,17)/t8-,12?,13?/m0/s1. The molecule has 0 radical (unpaired) electrons. The molecule has 0 spiro atoms. The molecule has 6 heteroatoms. The number of alkyl carbamates (subject to hydrolysis) is 1. The quantitative estimate of drug-likeness (QED) is 0.580. The molecule has 5 nitrogen and oxygen atoms in total. The predicted octanol–water partition coefficient (Wildman–Crippen LogP) is 2.71. The SMILES string of the molecule is CC(C)(C)OC(=O)N[C@@H](CC12CC(I)(C1)C2)C(=O)O. The molecule has 0 aromatic rings. The second-order valence-corrected chi connectivity index (χ2v) is 9.21. The topological polar surface area (TPSA) is 75.6 Å². The number of hydrogen-bond donors (Lipinski definition) is 2. The number of carbonyl (C=O) groups excluding carboxylic acids is 1. The van der Waals surface area contributed by atoms with Gasteiger partial charge in [-0.3, -0.25) is 0 Å². The minimum atomic E-state index is -0.988. The smallest absolute Gasteiger partial charge is 0.408 e. The van der Waals surface area contributed by atoms with Crippen LogP contribution >= 0.6 is 22.6 Å². The second-order valence-electron chi connectivity index (χ2n) is 6.92. The molecule has 0 aliphatic heterocycles. The van der Waals surface area contributed by atoms with Gasteiger partial charge in [0.25, 0.3) is 0 Å². The maximum atomic E-state index is 11.6. The first-order valence-corrected chi connectivity index (χ1v) is 7.52. The van der Waals surface area contributed by atoms with Crippen molar-refractivity contribution in [2.24, 2.45) is 5.41 Å². The monoisotopic (exact) mass is 381 g/mol. The molecule has 3 saturated carbocycles. The number of carboxylic acid groups (broad SMARTS) is 1. The predicted molar refractivity (Wildman–Crippen MR) is 78.4 cm³/mol. The molecule has 0 aromatic heterocycles. The van der Waals surface area contributed by atoms with Crippen LogP contribution in [0.4, 0.5) is 4.79 Å². The lowest BCUT2D eigenvalue weighted by atomic mass is 9.42. The number of rotatable bonds is 4. The Hall–Kier alpha value is -0.530. The van der Waals surface area contributed by atoms with E-state index in [1.54, 1.807) is 20.8 Å². The minimum Gasteiger partial charge on any atom is -0.480 e. The van der Waals surface area contributed by atoms with Gasteiger partial charge < -0.3 is 15.2 Å². The lowest BCUT2D eigenvalue weighted by Gasteiger charge is -2.69. The maximum Gasteiger partial charge on any atom is 0.408 e. The molecule has 19 heavy (non-hydrogen) atoms. The van der Waals surface area contributed by atoms with E-state index < -0.39 is 23.7 Å². The van der Waals surface area contributed by atoms with E-state index in [1.807, 2.05) is 0 Å². The number of hydrogen-bond acceptors (Lipinski definition) is 3. The molecular formula is C13H20INO4. The highest BCUT2D eigenvalue weighted by Gasteiger charge is 2.66. The fraction of sp³-hybridized carbons (Fsp3) is 0.846. The van der Waals surface area contributed by atoms with Crippen molar-refractivity contribution in [1.82, 2.24) is 5.32 Å². The average molecular weight is 381 g/mol. The van der Waals surface area contributed by atoms with E-state index >= 15 is 0 Å². The van der Waals surface area contributed by atoms with Crippen LogP contribution in [0.5, 0.6) is 0 Å². The van der Waals surface area contributed by atoms with E-state index in [9.17, 15) is 14.7 Å². The molecule has 3 aliphatic rings. The third-order valence-corrected chi connectivity index (χ3v) is 4.85. The Morgan fingerprint density at radius 3 is 2.26 bits per heavy atom. The molecule has 2 N–H and O–H groups in total. The Morgan fingerprint density at radius 1 is 1.37 bits per heavy atom. The number of carboxylic acids is 1. The largest absolute Gasteiger partial charge is 0.480 e. The van der Waals surface area contributed by atoms with E-state index in [0.717, 1.165) is 19.3 Å². The van der Waals surface area contributed by atoms with Crippen molar-refractivity contribution in [2.75, 3.05) is 0 Å². The average Bonchev–Trinajstić information content (AvgIpc) is 2.08. The summed E-state index contributed by atoms with van der Waals surface area (Å²) in [7, 11) is 0. The van der Waals surface area contributed by atoms with Gasteiger partial charge in [0.2, 0.25) is 0 Å². The molecular weight excluding hydrogens is 361 g/mol. The number of carbonyl (C=O) groups is 2. The summed E-state index contributed by atoms with van der Waals surface area (Å²) in [6, 6.07) is -0.851. The molecule has 0 unspecified atom stereocenters. The summed E-state index contributed by atoms with van der Waals surface area (Å²) in [6.07, 6.45) is 3.06. The summed E-state index contributed by atoms with van der Waals surface area (Å²) >= 11 is 2.45. The molecule has 3 rings (SSSR count). The normalized spacial score (nSPS) is 33.7. The summed E-state index contributed by atoms with van der Waals surface area (Å²) in [6.45, 7) is 5.26. The first kappa shape index (κ1) is 14.9. The van der Waals surface area contributed by atoms with E-state index in [-0.39, 0.29) is 5.41 Å². The van der Waals surface area contributed by atoms with Crippen LogP contribution in [-0.4, -0.2) is 32.2 Å². The summed E-state index contributed by atoms with van der Waals surface area (Å²) in [4.78, 5) is 22.9. The van der Waals surface area contributed by atoms with Crippen LogP contribution in [-0.2, 0) is 9.53 Å². The molecule has 3 fully saturated rings. The van der Waals surface area contributed by atoms with Crippen molar-refractivity contribution in [3.63, 3.8) is 0 Å². The number of amides is 1. The van der Waals surface area contributed by atoms with Crippen molar-refractivity contribution >= 4 is 34.7 Å². The van der Waals surface area contributed by atoms with Gasteiger partial charge in [-0.1, -0.05) is 22.6 Å². The van der Waals surface area contributed by atoms with Crippen molar-refractivity contribution in [1.29, 1.82) is 0 Å². The van der Waals surface area contributed by atoms with Gasteiger partial charge in [-0.2, -0.15) is 0 Å². The van der Waals surface area contributed by atoms with Gasteiger partial charge in [-0.15, -0.1) is 0 Å². The highest BCUT2D eigenvalue weighted by molar-refractivity contribution is 14.1. The van der Waals surface area contributed by atoms with Crippen LogP contribution in [0.2, 0.25) is 0 Å². The third-order valence-electron chi connectivity index (χ3n) is 3.70. The maximum absolute atomic E-state index is 11.6. The van der Waals surface area contributed by atoms with Crippen LogP contribution in [0.3, 0.4) is 0 Å². The first-order valence-electron chi connectivity index (χ1n) is 6.44. The lowest BCUT2D eigenvalue weighted by molar-refractivity contribution is -0.144. The van der Waals surface area contributed by atoms with Crippen molar-refractivity contribution in [3.8, 4) is 0 Å². The van der Waals surface area contributed by atoms with Gasteiger partial charge in [0.1, 0.15) is 11.6 Å². The number of halogens is 1. The molecule has 0 saturated heterocycles. The summed E-state index contributed by atoms with van der Waals surface area (Å²) in [5.41, 5.74) is -0.477. The fourth-order valence-corrected chi connectivity index (χ4v) is 5.59. The number of alkyl halides is 1. The number of nitrogens with one attached hydrogen (secondary N) is 1. The van der Waals surface area contributed by atoms with E-state index in [0.29, 0.717) is 9.84 Å². The molecule has 2 bridgehead atoms. The van der Waals surface area contributed by atoms with Gasteiger partial charge in [-0.05, 0) is 51.9 Å². The fourth-order valence-electron chi connectivity index (χ4n) is 3.16. The second kappa shape index (κ2) is 4.49.